The van der Waals surface area contributed by atoms with E-state index in [0.717, 1.165) is 18.4 Å². The van der Waals surface area contributed by atoms with Crippen molar-refractivity contribution in [3.8, 4) is 0 Å². The van der Waals surface area contributed by atoms with Gasteiger partial charge in [0.05, 0.1) is 6.10 Å². The molecule has 0 heterocycles. The van der Waals surface area contributed by atoms with Gasteiger partial charge >= 0.3 is 6.03 Å². The van der Waals surface area contributed by atoms with Gasteiger partial charge in [-0.25, -0.2) is 13.6 Å². The summed E-state index contributed by atoms with van der Waals surface area (Å²) in [7, 11) is 0. The summed E-state index contributed by atoms with van der Waals surface area (Å²) in [4.78, 5) is 11.6. The third kappa shape index (κ3) is 4.16. The summed E-state index contributed by atoms with van der Waals surface area (Å²) < 4.78 is 25.0. The molecule has 2 amide bonds. The van der Waals surface area contributed by atoms with E-state index in [-0.39, 0.29) is 12.4 Å². The van der Waals surface area contributed by atoms with Gasteiger partial charge in [-0.05, 0) is 37.0 Å². The molecule has 2 rings (SSSR count). The van der Waals surface area contributed by atoms with Crippen LogP contribution in [-0.4, -0.2) is 37.0 Å². The van der Waals surface area contributed by atoms with E-state index >= 15 is 0 Å². The van der Waals surface area contributed by atoms with Crippen molar-refractivity contribution in [2.45, 2.75) is 31.8 Å². The Morgan fingerprint density at radius 3 is 2.64 bits per heavy atom. The first-order valence-corrected chi connectivity index (χ1v) is 7.56. The first-order chi connectivity index (χ1) is 10.6. The van der Waals surface area contributed by atoms with E-state index in [0.29, 0.717) is 19.4 Å². The molecule has 0 aromatic heterocycles. The zero-order valence-electron chi connectivity index (χ0n) is 12.4. The highest BCUT2D eigenvalue weighted by atomic mass is 19.1. The van der Waals surface area contributed by atoms with Gasteiger partial charge in [0.1, 0.15) is 12.5 Å². The van der Waals surface area contributed by atoms with Crippen LogP contribution in [0, 0.1) is 11.2 Å². The molecule has 1 saturated carbocycles. The first kappa shape index (κ1) is 16.7. The number of amides is 2. The fourth-order valence-electron chi connectivity index (χ4n) is 3.08. The lowest BCUT2D eigenvalue weighted by Crippen LogP contribution is -2.47. The number of carbonyl (C=O) groups excluding carboxylic acids is 1. The number of benzene rings is 1. The Morgan fingerprint density at radius 2 is 2.05 bits per heavy atom. The maximum absolute atomic E-state index is 13.0. The Hall–Kier alpha value is -1.69. The van der Waals surface area contributed by atoms with Crippen LogP contribution in [0.1, 0.15) is 24.8 Å². The Morgan fingerprint density at radius 1 is 1.32 bits per heavy atom. The van der Waals surface area contributed by atoms with E-state index in [9.17, 15) is 18.7 Å². The molecule has 6 heteroatoms. The normalized spacial score (nSPS) is 24.2. The molecule has 1 aromatic carbocycles. The van der Waals surface area contributed by atoms with Gasteiger partial charge < -0.3 is 15.7 Å². The zero-order valence-corrected chi connectivity index (χ0v) is 12.4. The topological polar surface area (TPSA) is 61.4 Å². The number of rotatable bonds is 6. The van der Waals surface area contributed by atoms with Gasteiger partial charge in [-0.1, -0.05) is 18.6 Å². The summed E-state index contributed by atoms with van der Waals surface area (Å²) >= 11 is 0. The number of nitrogens with one attached hydrogen (secondary N) is 2. The number of aliphatic hydroxyl groups excluding tert-OH is 1. The largest absolute Gasteiger partial charge is 0.392 e. The lowest BCUT2D eigenvalue weighted by atomic mass is 9.78. The summed E-state index contributed by atoms with van der Waals surface area (Å²) in [5.41, 5.74) is 0.471. The molecule has 0 radical (unpaired) electrons. The van der Waals surface area contributed by atoms with Gasteiger partial charge in [0, 0.05) is 18.5 Å². The second kappa shape index (κ2) is 7.54. The highest BCUT2D eigenvalue weighted by Gasteiger charge is 2.42. The fraction of sp³-hybridized carbons (Fsp3) is 0.562. The standard InChI is InChI=1S/C16H22F2N2O2/c17-8-9-19-15(22)20-11-16(7-1-2-14(16)21)10-12-3-5-13(18)6-4-12/h3-6,14,21H,1-2,7-11H2,(H2,19,20,22)/t14-,16-/m1/s1. The molecule has 22 heavy (non-hydrogen) atoms. The van der Waals surface area contributed by atoms with Gasteiger partial charge in [-0.3, -0.25) is 0 Å². The molecule has 0 unspecified atom stereocenters. The van der Waals surface area contributed by atoms with Crippen molar-refractivity contribution in [2.75, 3.05) is 19.8 Å². The van der Waals surface area contributed by atoms with Crippen LogP contribution < -0.4 is 10.6 Å². The Labute approximate surface area is 128 Å². The van der Waals surface area contributed by atoms with Crippen LogP contribution in [0.5, 0.6) is 0 Å². The molecule has 1 fully saturated rings. The average molecular weight is 312 g/mol. The smallest absolute Gasteiger partial charge is 0.314 e. The average Bonchev–Trinajstić information content (AvgIpc) is 2.87. The van der Waals surface area contributed by atoms with Gasteiger partial charge in [0.2, 0.25) is 0 Å². The molecular formula is C16H22F2N2O2. The van der Waals surface area contributed by atoms with Crippen molar-refractivity contribution >= 4 is 6.03 Å². The lowest BCUT2D eigenvalue weighted by Gasteiger charge is -2.33. The van der Waals surface area contributed by atoms with Crippen LogP contribution >= 0.6 is 0 Å². The second-order valence-corrected chi connectivity index (χ2v) is 5.87. The van der Waals surface area contributed by atoms with E-state index in [2.05, 4.69) is 10.6 Å². The number of carbonyl (C=O) groups is 1. The van der Waals surface area contributed by atoms with Gasteiger partial charge in [-0.2, -0.15) is 0 Å². The second-order valence-electron chi connectivity index (χ2n) is 5.87. The maximum Gasteiger partial charge on any atom is 0.314 e. The third-order valence-electron chi connectivity index (χ3n) is 4.31. The van der Waals surface area contributed by atoms with Crippen molar-refractivity contribution in [2.24, 2.45) is 5.41 Å². The van der Waals surface area contributed by atoms with E-state index in [1.807, 2.05) is 0 Å². The summed E-state index contributed by atoms with van der Waals surface area (Å²) in [5, 5.41) is 15.5. The molecule has 122 valence electrons. The third-order valence-corrected chi connectivity index (χ3v) is 4.31. The predicted molar refractivity (Wildman–Crippen MR) is 79.8 cm³/mol. The first-order valence-electron chi connectivity index (χ1n) is 7.56. The Kier molecular flexibility index (Phi) is 5.71. The zero-order chi connectivity index (χ0) is 16.0. The van der Waals surface area contributed by atoms with Crippen molar-refractivity contribution in [3.63, 3.8) is 0 Å². The molecule has 0 bridgehead atoms. The minimum atomic E-state index is -0.614. The van der Waals surface area contributed by atoms with Crippen LogP contribution in [0.25, 0.3) is 0 Å². The van der Waals surface area contributed by atoms with Crippen molar-refractivity contribution in [1.82, 2.24) is 10.6 Å². The van der Waals surface area contributed by atoms with Crippen LogP contribution in [0.4, 0.5) is 13.6 Å². The van der Waals surface area contributed by atoms with Crippen LogP contribution in [-0.2, 0) is 6.42 Å². The maximum atomic E-state index is 13.0. The number of aliphatic hydroxyl groups is 1. The molecule has 0 aliphatic heterocycles. The van der Waals surface area contributed by atoms with E-state index in [1.54, 1.807) is 12.1 Å². The monoisotopic (exact) mass is 312 g/mol. The van der Waals surface area contributed by atoms with Gasteiger partial charge in [-0.15, -0.1) is 0 Å². The summed E-state index contributed by atoms with van der Waals surface area (Å²) in [6.45, 7) is -0.334. The van der Waals surface area contributed by atoms with Crippen molar-refractivity contribution in [3.05, 3.63) is 35.6 Å². The highest BCUT2D eigenvalue weighted by Crippen LogP contribution is 2.40. The molecule has 2 atom stereocenters. The van der Waals surface area contributed by atoms with Crippen molar-refractivity contribution in [1.29, 1.82) is 0 Å². The number of urea groups is 1. The molecular weight excluding hydrogens is 290 g/mol. The van der Waals surface area contributed by atoms with Gasteiger partial charge in [0.15, 0.2) is 0 Å². The molecule has 0 saturated heterocycles. The van der Waals surface area contributed by atoms with Crippen LogP contribution in [0.15, 0.2) is 24.3 Å². The number of hydrogen-bond donors (Lipinski definition) is 3. The minimum Gasteiger partial charge on any atom is -0.392 e. The van der Waals surface area contributed by atoms with E-state index in [1.165, 1.54) is 12.1 Å². The van der Waals surface area contributed by atoms with Crippen LogP contribution in [0.2, 0.25) is 0 Å². The minimum absolute atomic E-state index is 0.0284. The number of alkyl halides is 1. The molecule has 1 aliphatic carbocycles. The SMILES string of the molecule is O=C(NCCF)NC[C@]1(Cc2ccc(F)cc2)CCC[C@H]1O. The highest BCUT2D eigenvalue weighted by molar-refractivity contribution is 5.73. The number of hydrogen-bond acceptors (Lipinski definition) is 2. The lowest BCUT2D eigenvalue weighted by molar-refractivity contribution is 0.0540. The summed E-state index contributed by atoms with van der Waals surface area (Å²) in [6, 6.07) is 5.75. The Bertz CT molecular complexity index is 495. The summed E-state index contributed by atoms with van der Waals surface area (Å²) in [6.07, 6.45) is 2.41. The fourth-order valence-corrected chi connectivity index (χ4v) is 3.08. The molecule has 0 spiro atoms. The van der Waals surface area contributed by atoms with Gasteiger partial charge in [0.25, 0.3) is 0 Å². The molecule has 1 aliphatic rings. The van der Waals surface area contributed by atoms with Crippen LogP contribution in [0.3, 0.4) is 0 Å². The quantitative estimate of drug-likeness (QED) is 0.754. The number of halogens is 2. The van der Waals surface area contributed by atoms with E-state index in [4.69, 9.17) is 0 Å². The molecule has 1 aromatic rings. The predicted octanol–water partition coefficient (Wildman–Crippen LogP) is 2.17. The molecule has 4 nitrogen and oxygen atoms in total. The molecule has 3 N–H and O–H groups in total. The Balaban J connectivity index is 2.01. The van der Waals surface area contributed by atoms with E-state index < -0.39 is 24.2 Å². The van der Waals surface area contributed by atoms with Crippen molar-refractivity contribution < 1.29 is 18.7 Å². The summed E-state index contributed by atoms with van der Waals surface area (Å²) in [5.74, 6) is -0.298.